The third-order valence-corrected chi connectivity index (χ3v) is 2.64. The molecule has 0 radical (unpaired) electrons. The van der Waals surface area contributed by atoms with Crippen molar-refractivity contribution in [1.29, 1.82) is 0 Å². The van der Waals surface area contributed by atoms with Crippen LogP contribution in [0.1, 0.15) is 48.0 Å². The second kappa shape index (κ2) is 4.24. The molecule has 1 amide bonds. The summed E-state index contributed by atoms with van der Waals surface area (Å²) < 4.78 is 11.0. The number of nitrogens with zero attached hydrogens (tertiary/aromatic N) is 1. The van der Waals surface area contributed by atoms with Gasteiger partial charge in [0.2, 0.25) is 0 Å². The maximum Gasteiger partial charge on any atom is 0.412 e. The van der Waals surface area contributed by atoms with Gasteiger partial charge in [0.15, 0.2) is 0 Å². The lowest BCUT2D eigenvalue weighted by molar-refractivity contribution is -0.0625. The molecule has 1 atom stereocenters. The Balaban J connectivity index is 2.79. The molecular formula is C12H23NO3. The molecule has 0 aromatic rings. The average molecular weight is 229 g/mol. The smallest absolute Gasteiger partial charge is 0.412 e. The highest BCUT2D eigenvalue weighted by atomic mass is 16.6. The lowest BCUT2D eigenvalue weighted by atomic mass is 10.2. The molecule has 0 aromatic carbocycles. The summed E-state index contributed by atoms with van der Waals surface area (Å²) in [6, 6.07) is 0.116. The van der Waals surface area contributed by atoms with Crippen molar-refractivity contribution in [3.05, 3.63) is 0 Å². The molecule has 4 heteroatoms. The highest BCUT2D eigenvalue weighted by Gasteiger charge is 2.44. The van der Waals surface area contributed by atoms with Gasteiger partial charge in [-0.05, 0) is 41.0 Å². The third-order valence-electron chi connectivity index (χ3n) is 2.64. The van der Waals surface area contributed by atoms with E-state index in [0.29, 0.717) is 6.61 Å². The van der Waals surface area contributed by atoms with Crippen molar-refractivity contribution in [3.8, 4) is 0 Å². The minimum absolute atomic E-state index is 0.116. The van der Waals surface area contributed by atoms with Crippen LogP contribution in [0.2, 0.25) is 0 Å². The van der Waals surface area contributed by atoms with Gasteiger partial charge in [0.05, 0.1) is 12.6 Å². The van der Waals surface area contributed by atoms with E-state index in [1.165, 1.54) is 0 Å². The van der Waals surface area contributed by atoms with Crippen LogP contribution in [0, 0.1) is 0 Å². The molecule has 0 N–H and O–H groups in total. The van der Waals surface area contributed by atoms with E-state index in [0.717, 1.165) is 6.42 Å². The normalized spacial score (nSPS) is 24.6. The van der Waals surface area contributed by atoms with Crippen LogP contribution in [0.3, 0.4) is 0 Å². The predicted molar refractivity (Wildman–Crippen MR) is 62.2 cm³/mol. The van der Waals surface area contributed by atoms with Gasteiger partial charge >= 0.3 is 6.09 Å². The standard InChI is InChI=1S/C12H23NO3/c1-7-9-8-15-12(5,6)13(9)10(14)16-11(2,3)4/h9H,7-8H2,1-6H3. The van der Waals surface area contributed by atoms with Crippen LogP contribution in [-0.4, -0.2) is 35.0 Å². The second-order valence-electron chi connectivity index (χ2n) is 5.67. The summed E-state index contributed by atoms with van der Waals surface area (Å²) in [5.74, 6) is 0. The van der Waals surface area contributed by atoms with Crippen molar-refractivity contribution in [1.82, 2.24) is 4.90 Å². The van der Waals surface area contributed by atoms with Crippen molar-refractivity contribution < 1.29 is 14.3 Å². The van der Waals surface area contributed by atoms with Crippen LogP contribution in [0.5, 0.6) is 0 Å². The highest BCUT2D eigenvalue weighted by molar-refractivity contribution is 5.69. The first-order valence-electron chi connectivity index (χ1n) is 5.83. The molecule has 1 aliphatic heterocycles. The molecule has 1 heterocycles. The summed E-state index contributed by atoms with van der Waals surface area (Å²) in [5.41, 5.74) is -1.03. The molecule has 0 spiro atoms. The number of carbonyl (C=O) groups is 1. The summed E-state index contributed by atoms with van der Waals surface area (Å²) in [6.07, 6.45) is 0.588. The Labute approximate surface area is 97.9 Å². The fraction of sp³-hybridized carbons (Fsp3) is 0.917. The number of amides is 1. The van der Waals surface area contributed by atoms with Gasteiger partial charge in [-0.25, -0.2) is 4.79 Å². The fourth-order valence-electron chi connectivity index (χ4n) is 1.86. The maximum atomic E-state index is 12.1. The summed E-state index contributed by atoms with van der Waals surface area (Å²) in [5, 5.41) is 0. The van der Waals surface area contributed by atoms with Crippen LogP contribution in [0.15, 0.2) is 0 Å². The quantitative estimate of drug-likeness (QED) is 0.694. The minimum atomic E-state index is -0.566. The highest BCUT2D eigenvalue weighted by Crippen LogP contribution is 2.30. The lowest BCUT2D eigenvalue weighted by Gasteiger charge is -2.34. The molecular weight excluding hydrogens is 206 g/mol. The van der Waals surface area contributed by atoms with Gasteiger partial charge in [-0.1, -0.05) is 6.92 Å². The number of rotatable bonds is 1. The fourth-order valence-corrected chi connectivity index (χ4v) is 1.86. The van der Waals surface area contributed by atoms with Crippen molar-refractivity contribution in [3.63, 3.8) is 0 Å². The Morgan fingerprint density at radius 3 is 2.50 bits per heavy atom. The number of ether oxygens (including phenoxy) is 2. The van der Waals surface area contributed by atoms with Crippen LogP contribution in [-0.2, 0) is 9.47 Å². The number of hydrogen-bond acceptors (Lipinski definition) is 3. The molecule has 1 saturated heterocycles. The van der Waals surface area contributed by atoms with E-state index in [1.807, 2.05) is 41.5 Å². The zero-order chi connectivity index (χ0) is 12.6. The van der Waals surface area contributed by atoms with E-state index in [-0.39, 0.29) is 12.1 Å². The summed E-state index contributed by atoms with van der Waals surface area (Å²) in [7, 11) is 0. The summed E-state index contributed by atoms with van der Waals surface area (Å²) >= 11 is 0. The zero-order valence-electron chi connectivity index (χ0n) is 11.2. The van der Waals surface area contributed by atoms with Gasteiger partial charge in [-0.15, -0.1) is 0 Å². The molecule has 0 aliphatic carbocycles. The molecule has 1 aliphatic rings. The topological polar surface area (TPSA) is 38.8 Å². The van der Waals surface area contributed by atoms with Crippen molar-refractivity contribution in [2.75, 3.05) is 6.61 Å². The van der Waals surface area contributed by atoms with Gasteiger partial charge in [-0.3, -0.25) is 4.90 Å². The molecule has 0 bridgehead atoms. The van der Waals surface area contributed by atoms with E-state index >= 15 is 0 Å². The number of carbonyl (C=O) groups excluding carboxylic acids is 1. The van der Waals surface area contributed by atoms with E-state index < -0.39 is 11.3 Å². The van der Waals surface area contributed by atoms with Gasteiger partial charge < -0.3 is 9.47 Å². The Kier molecular flexibility index (Phi) is 3.53. The minimum Gasteiger partial charge on any atom is -0.444 e. The lowest BCUT2D eigenvalue weighted by Crippen LogP contribution is -2.49. The Morgan fingerprint density at radius 2 is 2.06 bits per heavy atom. The zero-order valence-corrected chi connectivity index (χ0v) is 11.2. The van der Waals surface area contributed by atoms with Gasteiger partial charge in [0.25, 0.3) is 0 Å². The molecule has 1 fully saturated rings. The van der Waals surface area contributed by atoms with Crippen molar-refractivity contribution >= 4 is 6.09 Å². The van der Waals surface area contributed by atoms with Crippen LogP contribution < -0.4 is 0 Å². The average Bonchev–Trinajstić information content (AvgIpc) is 2.37. The summed E-state index contributed by atoms with van der Waals surface area (Å²) in [4.78, 5) is 13.8. The largest absolute Gasteiger partial charge is 0.444 e. The summed E-state index contributed by atoms with van der Waals surface area (Å²) in [6.45, 7) is 12.0. The molecule has 94 valence electrons. The first kappa shape index (κ1) is 13.3. The Morgan fingerprint density at radius 1 is 1.50 bits per heavy atom. The van der Waals surface area contributed by atoms with Crippen LogP contribution in [0.4, 0.5) is 4.79 Å². The first-order chi connectivity index (χ1) is 7.17. The van der Waals surface area contributed by atoms with E-state index in [4.69, 9.17) is 9.47 Å². The van der Waals surface area contributed by atoms with Crippen molar-refractivity contribution in [2.24, 2.45) is 0 Å². The molecule has 1 rings (SSSR count). The maximum absolute atomic E-state index is 12.1. The van der Waals surface area contributed by atoms with E-state index in [2.05, 4.69) is 0 Å². The molecule has 0 saturated carbocycles. The first-order valence-corrected chi connectivity index (χ1v) is 5.83. The molecule has 0 aromatic heterocycles. The van der Waals surface area contributed by atoms with Crippen molar-refractivity contribution in [2.45, 2.75) is 65.3 Å². The molecule has 1 unspecified atom stereocenters. The Bertz CT molecular complexity index is 268. The SMILES string of the molecule is CCC1COC(C)(C)N1C(=O)OC(C)(C)C. The number of hydrogen-bond donors (Lipinski definition) is 0. The third kappa shape index (κ3) is 2.88. The Hall–Kier alpha value is -0.770. The molecule has 4 nitrogen and oxygen atoms in total. The van der Waals surface area contributed by atoms with E-state index in [1.54, 1.807) is 4.90 Å². The van der Waals surface area contributed by atoms with Gasteiger partial charge in [0, 0.05) is 0 Å². The van der Waals surface area contributed by atoms with Gasteiger partial charge in [0.1, 0.15) is 11.3 Å². The van der Waals surface area contributed by atoms with Gasteiger partial charge in [-0.2, -0.15) is 0 Å². The van der Waals surface area contributed by atoms with E-state index in [9.17, 15) is 4.79 Å². The predicted octanol–water partition coefficient (Wildman–Crippen LogP) is 2.77. The monoisotopic (exact) mass is 229 g/mol. The molecule has 16 heavy (non-hydrogen) atoms. The second-order valence-corrected chi connectivity index (χ2v) is 5.67. The van der Waals surface area contributed by atoms with Crippen LogP contribution in [0.25, 0.3) is 0 Å². The van der Waals surface area contributed by atoms with Crippen LogP contribution >= 0.6 is 0 Å².